The first-order valence-corrected chi connectivity index (χ1v) is 9.13. The van der Waals surface area contributed by atoms with Crippen LogP contribution in [0.1, 0.15) is 38.8 Å². The highest BCUT2D eigenvalue weighted by atomic mass is 32.1. The van der Waals surface area contributed by atoms with Crippen LogP contribution in [0, 0.1) is 26.7 Å². The minimum absolute atomic E-state index is 0.0507. The summed E-state index contributed by atoms with van der Waals surface area (Å²) in [6, 6.07) is 0. The maximum atomic E-state index is 12.7. The fraction of sp³-hybridized carbons (Fsp3) is 0.588. The molecule has 0 bridgehead atoms. The molecule has 6 nitrogen and oxygen atoms in total. The first-order valence-electron chi connectivity index (χ1n) is 8.25. The standard InChI is InChI=1S/C17H24N4O2S/c1-11-15(24-10-18-11)9-20(4)7-14-5-6-21(8-14)17(22)16-12(2)19-23-13(16)3/h10,14H,5-9H2,1-4H3. The van der Waals surface area contributed by atoms with E-state index in [1.165, 1.54) is 4.88 Å². The Hall–Kier alpha value is -1.73. The topological polar surface area (TPSA) is 62.5 Å². The first-order chi connectivity index (χ1) is 11.5. The van der Waals surface area contributed by atoms with E-state index in [4.69, 9.17) is 4.52 Å². The predicted molar refractivity (Wildman–Crippen MR) is 93.2 cm³/mol. The average molecular weight is 348 g/mol. The molecular formula is C17H24N4O2S. The van der Waals surface area contributed by atoms with Crippen LogP contribution in [0.4, 0.5) is 0 Å². The van der Waals surface area contributed by atoms with Gasteiger partial charge in [0.25, 0.3) is 5.91 Å². The van der Waals surface area contributed by atoms with Gasteiger partial charge in [0.15, 0.2) is 0 Å². The van der Waals surface area contributed by atoms with Crippen molar-refractivity contribution in [3.05, 3.63) is 33.1 Å². The van der Waals surface area contributed by atoms with Crippen LogP contribution in [0.3, 0.4) is 0 Å². The van der Waals surface area contributed by atoms with Gasteiger partial charge < -0.3 is 14.3 Å². The van der Waals surface area contributed by atoms with Gasteiger partial charge >= 0.3 is 0 Å². The van der Waals surface area contributed by atoms with Crippen LogP contribution >= 0.6 is 11.3 Å². The Morgan fingerprint density at radius 2 is 2.21 bits per heavy atom. The number of nitrogens with zero attached hydrogens (tertiary/aromatic N) is 4. The molecule has 0 radical (unpaired) electrons. The van der Waals surface area contributed by atoms with E-state index in [9.17, 15) is 4.79 Å². The van der Waals surface area contributed by atoms with E-state index in [-0.39, 0.29) is 5.91 Å². The Bertz CT molecular complexity index is 704. The minimum Gasteiger partial charge on any atom is -0.361 e. The number of carbonyl (C=O) groups excluding carboxylic acids is 1. The van der Waals surface area contributed by atoms with Gasteiger partial charge in [0.2, 0.25) is 0 Å². The number of likely N-dealkylation sites (tertiary alicyclic amines) is 1. The average Bonchev–Trinajstić information content (AvgIpc) is 3.22. The van der Waals surface area contributed by atoms with Gasteiger partial charge in [0.1, 0.15) is 11.3 Å². The highest BCUT2D eigenvalue weighted by Gasteiger charge is 2.30. The van der Waals surface area contributed by atoms with Gasteiger partial charge in [0, 0.05) is 31.1 Å². The van der Waals surface area contributed by atoms with Crippen LogP contribution in [-0.2, 0) is 6.54 Å². The molecule has 24 heavy (non-hydrogen) atoms. The van der Waals surface area contributed by atoms with Crippen molar-refractivity contribution in [3.8, 4) is 0 Å². The van der Waals surface area contributed by atoms with E-state index in [2.05, 4.69) is 29.0 Å². The Morgan fingerprint density at radius 1 is 1.42 bits per heavy atom. The van der Waals surface area contributed by atoms with E-state index in [0.717, 1.165) is 38.3 Å². The summed E-state index contributed by atoms with van der Waals surface area (Å²) in [7, 11) is 2.14. The molecular weight excluding hydrogens is 324 g/mol. The molecule has 0 N–H and O–H groups in total. The summed E-state index contributed by atoms with van der Waals surface area (Å²) < 4.78 is 5.13. The van der Waals surface area contributed by atoms with Crippen LogP contribution in [0.5, 0.6) is 0 Å². The normalized spacial score (nSPS) is 17.9. The van der Waals surface area contributed by atoms with Crippen molar-refractivity contribution in [2.75, 3.05) is 26.7 Å². The maximum absolute atomic E-state index is 12.7. The third kappa shape index (κ3) is 3.52. The Balaban J connectivity index is 1.55. The molecule has 0 aromatic carbocycles. The van der Waals surface area contributed by atoms with Crippen molar-refractivity contribution in [3.63, 3.8) is 0 Å². The van der Waals surface area contributed by atoms with E-state index >= 15 is 0 Å². The number of rotatable bonds is 5. The second kappa shape index (κ2) is 7.03. The van der Waals surface area contributed by atoms with Gasteiger partial charge in [-0.2, -0.15) is 0 Å². The summed E-state index contributed by atoms with van der Waals surface area (Å²) in [5.41, 5.74) is 4.33. The summed E-state index contributed by atoms with van der Waals surface area (Å²) in [5.74, 6) is 1.17. The molecule has 1 aliphatic rings. The van der Waals surface area contributed by atoms with Crippen molar-refractivity contribution in [2.24, 2.45) is 5.92 Å². The van der Waals surface area contributed by atoms with Gasteiger partial charge in [-0.3, -0.25) is 4.79 Å². The summed E-state index contributed by atoms with van der Waals surface area (Å²) >= 11 is 1.71. The second-order valence-corrected chi connectivity index (χ2v) is 7.60. The molecule has 1 fully saturated rings. The van der Waals surface area contributed by atoms with Crippen LogP contribution in [0.15, 0.2) is 10.0 Å². The van der Waals surface area contributed by atoms with Crippen molar-refractivity contribution >= 4 is 17.2 Å². The number of carbonyl (C=O) groups is 1. The Morgan fingerprint density at radius 3 is 2.83 bits per heavy atom. The van der Waals surface area contributed by atoms with Gasteiger partial charge in [-0.1, -0.05) is 5.16 Å². The largest absolute Gasteiger partial charge is 0.361 e. The fourth-order valence-corrected chi connectivity index (χ4v) is 4.20. The molecule has 1 amide bonds. The summed E-state index contributed by atoms with van der Waals surface area (Å²) in [4.78, 5) is 22.6. The molecule has 0 spiro atoms. The van der Waals surface area contributed by atoms with E-state index < -0.39 is 0 Å². The Kier molecular flexibility index (Phi) is 5.01. The lowest BCUT2D eigenvalue weighted by Gasteiger charge is -2.21. The highest BCUT2D eigenvalue weighted by Crippen LogP contribution is 2.23. The van der Waals surface area contributed by atoms with E-state index in [0.29, 0.717) is 22.9 Å². The smallest absolute Gasteiger partial charge is 0.259 e. The van der Waals surface area contributed by atoms with Crippen molar-refractivity contribution in [1.82, 2.24) is 19.9 Å². The molecule has 1 atom stereocenters. The number of thiazole rings is 1. The minimum atomic E-state index is 0.0507. The molecule has 7 heteroatoms. The second-order valence-electron chi connectivity index (χ2n) is 6.66. The molecule has 130 valence electrons. The molecule has 2 aromatic heterocycles. The van der Waals surface area contributed by atoms with E-state index in [1.54, 1.807) is 18.3 Å². The van der Waals surface area contributed by atoms with Crippen LogP contribution in [0.2, 0.25) is 0 Å². The summed E-state index contributed by atoms with van der Waals surface area (Å²) in [6.07, 6.45) is 1.04. The maximum Gasteiger partial charge on any atom is 0.259 e. The SMILES string of the molecule is Cc1ncsc1CN(C)CC1CCN(C(=O)c2c(C)noc2C)C1. The number of aromatic nitrogens is 2. The van der Waals surface area contributed by atoms with Crippen molar-refractivity contribution in [2.45, 2.75) is 33.7 Å². The third-order valence-electron chi connectivity index (χ3n) is 4.65. The number of amides is 1. The molecule has 2 aromatic rings. The molecule has 0 saturated carbocycles. The zero-order valence-electron chi connectivity index (χ0n) is 14.7. The van der Waals surface area contributed by atoms with Gasteiger partial charge in [-0.05, 0) is 40.2 Å². The van der Waals surface area contributed by atoms with Crippen LogP contribution < -0.4 is 0 Å². The number of aryl methyl sites for hydroxylation is 3. The molecule has 1 unspecified atom stereocenters. The lowest BCUT2D eigenvalue weighted by Crippen LogP contribution is -2.32. The predicted octanol–water partition coefficient (Wildman–Crippen LogP) is 2.65. The van der Waals surface area contributed by atoms with Crippen LogP contribution in [0.25, 0.3) is 0 Å². The van der Waals surface area contributed by atoms with Gasteiger partial charge in [-0.15, -0.1) is 11.3 Å². The molecule has 1 aliphatic heterocycles. The zero-order chi connectivity index (χ0) is 17.3. The van der Waals surface area contributed by atoms with Gasteiger partial charge in [0.05, 0.1) is 16.9 Å². The van der Waals surface area contributed by atoms with Crippen molar-refractivity contribution in [1.29, 1.82) is 0 Å². The van der Waals surface area contributed by atoms with Crippen molar-refractivity contribution < 1.29 is 9.32 Å². The zero-order valence-corrected chi connectivity index (χ0v) is 15.5. The molecule has 3 rings (SSSR count). The third-order valence-corrected chi connectivity index (χ3v) is 5.57. The number of hydrogen-bond acceptors (Lipinski definition) is 6. The number of hydrogen-bond donors (Lipinski definition) is 0. The fourth-order valence-electron chi connectivity index (χ4n) is 3.34. The summed E-state index contributed by atoms with van der Waals surface area (Å²) in [6.45, 7) is 9.19. The van der Waals surface area contributed by atoms with E-state index in [1.807, 2.05) is 17.3 Å². The summed E-state index contributed by atoms with van der Waals surface area (Å²) in [5, 5.41) is 3.89. The first kappa shape index (κ1) is 17.1. The highest BCUT2D eigenvalue weighted by molar-refractivity contribution is 7.09. The van der Waals surface area contributed by atoms with Crippen LogP contribution in [-0.4, -0.2) is 52.5 Å². The Labute approximate surface area is 146 Å². The quantitative estimate of drug-likeness (QED) is 0.831. The monoisotopic (exact) mass is 348 g/mol. The molecule has 1 saturated heterocycles. The lowest BCUT2D eigenvalue weighted by molar-refractivity contribution is 0.0782. The van der Waals surface area contributed by atoms with Gasteiger partial charge in [-0.25, -0.2) is 4.98 Å². The lowest BCUT2D eigenvalue weighted by atomic mass is 10.1. The molecule has 0 aliphatic carbocycles. The molecule has 3 heterocycles.